The van der Waals surface area contributed by atoms with E-state index >= 15 is 0 Å². The number of aromatic nitrogens is 1. The van der Waals surface area contributed by atoms with E-state index < -0.39 is 35.0 Å². The van der Waals surface area contributed by atoms with Gasteiger partial charge in [0, 0.05) is 20.6 Å². The van der Waals surface area contributed by atoms with E-state index in [4.69, 9.17) is 49.0 Å². The van der Waals surface area contributed by atoms with Gasteiger partial charge in [0.2, 0.25) is 0 Å². The number of nitrogens with zero attached hydrogens (tertiary/aromatic N) is 2. The van der Waals surface area contributed by atoms with Gasteiger partial charge in [-0.2, -0.15) is 13.2 Å². The van der Waals surface area contributed by atoms with Crippen LogP contribution >= 0.6 is 62.1 Å². The summed E-state index contributed by atoms with van der Waals surface area (Å²) in [5, 5.41) is 1.22. The number of allylic oxidation sites excluding steroid dienone is 1. The van der Waals surface area contributed by atoms with Crippen molar-refractivity contribution in [3.8, 4) is 11.5 Å². The molecule has 240 valence electrons. The highest BCUT2D eigenvalue weighted by Gasteiger charge is 2.45. The number of hydrogen-bond acceptors (Lipinski definition) is 7. The van der Waals surface area contributed by atoms with Crippen LogP contribution in [0.5, 0.6) is 11.5 Å². The minimum Gasteiger partial charge on any atom is -0.493 e. The number of ether oxygens (including phenoxy) is 3. The van der Waals surface area contributed by atoms with Crippen LogP contribution in [0.3, 0.4) is 0 Å². The minimum atomic E-state index is -5.02. The topological polar surface area (TPSA) is 79.1 Å². The Balaban J connectivity index is 1.63. The number of esters is 1. The van der Waals surface area contributed by atoms with Gasteiger partial charge in [-0.3, -0.25) is 9.36 Å². The molecule has 2 heterocycles. The smallest absolute Gasteiger partial charge is 0.434 e. The summed E-state index contributed by atoms with van der Waals surface area (Å²) in [5.74, 6) is -0.581. The predicted octanol–water partition coefficient (Wildman–Crippen LogP) is 7.65. The Hall–Kier alpha value is -3.29. The molecule has 1 atom stereocenters. The maximum atomic E-state index is 14.4. The second-order valence-corrected chi connectivity index (χ2v) is 12.8. The Morgan fingerprint density at radius 3 is 2.41 bits per heavy atom. The van der Waals surface area contributed by atoms with Crippen molar-refractivity contribution >= 4 is 74.1 Å². The van der Waals surface area contributed by atoms with E-state index in [0.29, 0.717) is 42.2 Å². The number of hydrogen-bond donors (Lipinski definition) is 0. The molecular formula is C31H21BrCl3F3N2O5S. The molecule has 4 aromatic rings. The van der Waals surface area contributed by atoms with Crippen molar-refractivity contribution in [3.63, 3.8) is 0 Å². The molecular weight excluding hydrogens is 756 g/mol. The van der Waals surface area contributed by atoms with Crippen LogP contribution in [0.2, 0.25) is 15.1 Å². The molecule has 1 aliphatic heterocycles. The fourth-order valence-electron chi connectivity index (χ4n) is 4.70. The Morgan fingerprint density at radius 1 is 1.09 bits per heavy atom. The summed E-state index contributed by atoms with van der Waals surface area (Å²) in [4.78, 5) is 30.4. The monoisotopic (exact) mass is 774 g/mol. The molecule has 1 aliphatic rings. The third-order valence-electron chi connectivity index (χ3n) is 6.72. The fraction of sp³-hybridized carbons (Fsp3) is 0.194. The number of alkyl halides is 3. The van der Waals surface area contributed by atoms with Gasteiger partial charge in [0.05, 0.1) is 34.3 Å². The first-order valence-electron chi connectivity index (χ1n) is 13.3. The summed E-state index contributed by atoms with van der Waals surface area (Å²) < 4.78 is 61.2. The number of rotatable bonds is 8. The maximum Gasteiger partial charge on any atom is 0.434 e. The predicted molar refractivity (Wildman–Crippen MR) is 174 cm³/mol. The van der Waals surface area contributed by atoms with Gasteiger partial charge in [-0.05, 0) is 76.5 Å². The highest BCUT2D eigenvalue weighted by Crippen LogP contribution is 2.40. The quantitative estimate of drug-likeness (QED) is 0.172. The van der Waals surface area contributed by atoms with Crippen LogP contribution in [0, 0.1) is 0 Å². The third-order valence-corrected chi connectivity index (χ3v) is 9.13. The maximum absolute atomic E-state index is 14.4. The lowest BCUT2D eigenvalue weighted by atomic mass is 9.95. The highest BCUT2D eigenvalue weighted by molar-refractivity contribution is 9.10. The van der Waals surface area contributed by atoms with E-state index in [1.54, 1.807) is 30.3 Å². The second kappa shape index (κ2) is 13.8. The Kier molecular flexibility index (Phi) is 10.2. The van der Waals surface area contributed by atoms with Gasteiger partial charge in [0.25, 0.3) is 5.56 Å². The van der Waals surface area contributed by atoms with Crippen LogP contribution < -0.4 is 24.4 Å². The van der Waals surface area contributed by atoms with Crippen LogP contribution in [-0.2, 0) is 16.1 Å². The first-order valence-corrected chi connectivity index (χ1v) is 16.1. The van der Waals surface area contributed by atoms with Crippen molar-refractivity contribution in [1.82, 2.24) is 4.57 Å². The number of methoxy groups -OCH3 is 1. The molecule has 0 fully saturated rings. The van der Waals surface area contributed by atoms with Crippen molar-refractivity contribution < 1.29 is 32.2 Å². The molecule has 0 saturated heterocycles. The van der Waals surface area contributed by atoms with Gasteiger partial charge in [-0.15, -0.1) is 0 Å². The third kappa shape index (κ3) is 7.01. The molecule has 0 aliphatic carbocycles. The standard InChI is InChI=1S/C31H21BrCl3F3N2O5S/c1-3-44-29(42)24-25(16-4-7-18(33)8-5-16)40-28(41)23(46-30(40)39-27(24)31(36,37)38)12-15-10-20(32)26(22(11-15)43-2)45-14-17-6-9-19(34)13-21(17)35/h4-13,25H,3,14H2,1-2H3/b23-12-/t25-/m0/s1. The number of fused-ring (bicyclic) bond motifs is 1. The molecule has 7 nitrogen and oxygen atoms in total. The zero-order valence-corrected chi connectivity index (χ0v) is 28.4. The molecule has 0 spiro atoms. The lowest BCUT2D eigenvalue weighted by Gasteiger charge is -2.26. The molecule has 0 bridgehead atoms. The number of carbonyl (C=O) groups excluding carboxylic acids is 1. The average Bonchev–Trinajstić information content (AvgIpc) is 3.30. The summed E-state index contributed by atoms with van der Waals surface area (Å²) in [6.45, 7) is 1.38. The largest absolute Gasteiger partial charge is 0.493 e. The Bertz CT molecular complexity index is 2050. The van der Waals surface area contributed by atoms with Crippen LogP contribution in [0.4, 0.5) is 13.2 Å². The lowest BCUT2D eigenvalue weighted by molar-refractivity contribution is -0.140. The molecule has 0 amide bonds. The average molecular weight is 777 g/mol. The zero-order valence-electron chi connectivity index (χ0n) is 23.8. The molecule has 0 radical (unpaired) electrons. The Labute approximate surface area is 287 Å². The second-order valence-electron chi connectivity index (χ2n) is 9.67. The van der Waals surface area contributed by atoms with Crippen LogP contribution in [0.25, 0.3) is 6.08 Å². The summed E-state index contributed by atoms with van der Waals surface area (Å²) >= 11 is 22.5. The van der Waals surface area contributed by atoms with Gasteiger partial charge >= 0.3 is 12.1 Å². The van der Waals surface area contributed by atoms with Gasteiger partial charge < -0.3 is 14.2 Å². The molecule has 0 N–H and O–H groups in total. The van der Waals surface area contributed by atoms with Crippen molar-refractivity contribution in [3.05, 3.63) is 122 Å². The normalized spacial score (nSPS) is 15.0. The SMILES string of the molecule is CCOC(=O)C1=C(C(F)(F)F)N=c2s/c(=C\c3cc(Br)c(OCc4ccc(Cl)cc4Cl)c(OC)c3)c(=O)n2[C@H]1c1ccc(Cl)cc1. The molecule has 0 unspecified atom stereocenters. The van der Waals surface area contributed by atoms with E-state index in [1.165, 1.54) is 44.4 Å². The number of halogens is 7. The molecule has 3 aromatic carbocycles. The first-order chi connectivity index (χ1) is 21.8. The van der Waals surface area contributed by atoms with E-state index in [2.05, 4.69) is 20.9 Å². The number of carbonyl (C=O) groups is 1. The van der Waals surface area contributed by atoms with Gasteiger partial charge in [-0.1, -0.05) is 64.3 Å². The first kappa shape index (κ1) is 34.1. The molecule has 46 heavy (non-hydrogen) atoms. The van der Waals surface area contributed by atoms with E-state index in [0.717, 1.165) is 15.9 Å². The molecule has 5 rings (SSSR count). The Morgan fingerprint density at radius 2 is 1.78 bits per heavy atom. The molecule has 0 saturated carbocycles. The summed E-state index contributed by atoms with van der Waals surface area (Å²) in [7, 11) is 1.43. The van der Waals surface area contributed by atoms with Gasteiger partial charge in [0.15, 0.2) is 22.0 Å². The van der Waals surface area contributed by atoms with Crippen LogP contribution in [0.15, 0.2) is 80.1 Å². The van der Waals surface area contributed by atoms with E-state index in [9.17, 15) is 22.8 Å². The minimum absolute atomic E-state index is 0.0555. The lowest BCUT2D eigenvalue weighted by Crippen LogP contribution is -2.41. The van der Waals surface area contributed by atoms with E-state index in [1.807, 2.05) is 0 Å². The zero-order chi connectivity index (χ0) is 33.3. The highest BCUT2D eigenvalue weighted by atomic mass is 79.9. The van der Waals surface area contributed by atoms with Gasteiger partial charge in [-0.25, -0.2) is 9.79 Å². The van der Waals surface area contributed by atoms with Crippen molar-refractivity contribution in [2.45, 2.75) is 25.7 Å². The van der Waals surface area contributed by atoms with Crippen molar-refractivity contribution in [2.75, 3.05) is 13.7 Å². The van der Waals surface area contributed by atoms with Crippen molar-refractivity contribution in [2.24, 2.45) is 4.99 Å². The van der Waals surface area contributed by atoms with E-state index in [-0.39, 0.29) is 28.1 Å². The van der Waals surface area contributed by atoms with Gasteiger partial charge in [0.1, 0.15) is 6.61 Å². The summed E-state index contributed by atoms with van der Waals surface area (Å²) in [5.41, 5.74) is -1.55. The summed E-state index contributed by atoms with van der Waals surface area (Å²) in [6.07, 6.45) is -3.54. The molecule has 1 aromatic heterocycles. The number of benzene rings is 3. The molecule has 15 heteroatoms. The summed E-state index contributed by atoms with van der Waals surface area (Å²) in [6, 6.07) is 12.6. The number of thiazole rings is 1. The fourth-order valence-corrected chi connectivity index (χ4v) is 6.87. The van der Waals surface area contributed by atoms with Crippen LogP contribution in [-0.4, -0.2) is 30.4 Å². The van der Waals surface area contributed by atoms with Crippen molar-refractivity contribution in [1.29, 1.82) is 0 Å². The van der Waals surface area contributed by atoms with Crippen LogP contribution in [0.1, 0.15) is 29.7 Å².